The van der Waals surface area contributed by atoms with Crippen molar-refractivity contribution in [2.24, 2.45) is 11.6 Å². The summed E-state index contributed by atoms with van der Waals surface area (Å²) in [5, 5.41) is 1.13. The number of nitrogens with zero attached hydrogens (tertiary/aromatic N) is 2. The number of esters is 1. The maximum absolute atomic E-state index is 12.9. The summed E-state index contributed by atoms with van der Waals surface area (Å²) in [7, 11) is -1.04. The Bertz CT molecular complexity index is 1290. The van der Waals surface area contributed by atoms with Crippen LogP contribution in [0.2, 0.25) is 0 Å². The third-order valence-electron chi connectivity index (χ3n) is 5.31. The Kier molecular flexibility index (Phi) is 9.04. The first-order valence-electron chi connectivity index (χ1n) is 10.9. The standard InChI is InChI=1S/C24H29N5O5S2/c1-16(28-36(31,32)23-12-11-22(35-23)20-6-4-5-13-27-20)19(25)15-29(26)21(24(30)34-3)14-17-7-9-18(33-2)10-8-17/h4-13,15-16,21,28H,14,25-26H2,1-3H3/b19-15-/t16-,21-/m0/s1. The molecule has 1 aromatic carbocycles. The topological polar surface area (TPSA) is 150 Å². The average Bonchev–Trinajstić information content (AvgIpc) is 3.39. The van der Waals surface area contributed by atoms with Crippen LogP contribution in [0.15, 0.2) is 76.9 Å². The van der Waals surface area contributed by atoms with Gasteiger partial charge in [-0.2, -0.15) is 0 Å². The highest BCUT2D eigenvalue weighted by Crippen LogP contribution is 2.29. The van der Waals surface area contributed by atoms with Crippen LogP contribution in [0.4, 0.5) is 0 Å². The molecule has 2 heterocycles. The van der Waals surface area contributed by atoms with Gasteiger partial charge in [0, 0.05) is 24.5 Å². The zero-order valence-electron chi connectivity index (χ0n) is 20.1. The number of carbonyl (C=O) groups excluding carboxylic acids is 1. The van der Waals surface area contributed by atoms with Crippen molar-refractivity contribution in [1.82, 2.24) is 14.7 Å². The Balaban J connectivity index is 1.72. The van der Waals surface area contributed by atoms with Crippen LogP contribution in [0.1, 0.15) is 12.5 Å². The first kappa shape index (κ1) is 27.1. The fraction of sp³-hybridized carbons (Fsp3) is 0.250. The van der Waals surface area contributed by atoms with Crippen molar-refractivity contribution in [1.29, 1.82) is 0 Å². The van der Waals surface area contributed by atoms with Crippen LogP contribution in [0.3, 0.4) is 0 Å². The molecule has 5 N–H and O–H groups in total. The lowest BCUT2D eigenvalue weighted by Gasteiger charge is -2.26. The van der Waals surface area contributed by atoms with E-state index >= 15 is 0 Å². The van der Waals surface area contributed by atoms with E-state index in [-0.39, 0.29) is 16.3 Å². The smallest absolute Gasteiger partial charge is 0.330 e. The number of nitrogens with one attached hydrogen (secondary N) is 1. The largest absolute Gasteiger partial charge is 0.497 e. The summed E-state index contributed by atoms with van der Waals surface area (Å²) in [6.07, 6.45) is 3.21. The van der Waals surface area contributed by atoms with E-state index in [2.05, 4.69) is 9.71 Å². The van der Waals surface area contributed by atoms with Gasteiger partial charge in [0.2, 0.25) is 0 Å². The predicted octanol–water partition coefficient (Wildman–Crippen LogP) is 2.25. The summed E-state index contributed by atoms with van der Waals surface area (Å²) in [5.74, 6) is 6.27. The van der Waals surface area contributed by atoms with E-state index in [0.29, 0.717) is 11.4 Å². The molecular weight excluding hydrogens is 502 g/mol. The van der Waals surface area contributed by atoms with Crippen molar-refractivity contribution in [3.63, 3.8) is 0 Å². The first-order valence-corrected chi connectivity index (χ1v) is 13.2. The van der Waals surface area contributed by atoms with Gasteiger partial charge in [-0.05, 0) is 48.9 Å². The molecule has 36 heavy (non-hydrogen) atoms. The van der Waals surface area contributed by atoms with Crippen LogP contribution in [0, 0.1) is 0 Å². The van der Waals surface area contributed by atoms with E-state index in [1.165, 1.54) is 19.4 Å². The second-order valence-corrected chi connectivity index (χ2v) is 10.9. The van der Waals surface area contributed by atoms with Gasteiger partial charge in [-0.25, -0.2) is 23.8 Å². The lowest BCUT2D eigenvalue weighted by molar-refractivity contribution is -0.146. The minimum Gasteiger partial charge on any atom is -0.497 e. The summed E-state index contributed by atoms with van der Waals surface area (Å²) in [5.41, 5.74) is 7.77. The Hall–Kier alpha value is -3.45. The molecule has 3 aromatic rings. The normalized spacial score (nSPS) is 13.6. The molecule has 0 bridgehead atoms. The van der Waals surface area contributed by atoms with Crippen LogP contribution in [-0.4, -0.2) is 50.7 Å². The second kappa shape index (κ2) is 12.0. The fourth-order valence-electron chi connectivity index (χ4n) is 3.27. The summed E-state index contributed by atoms with van der Waals surface area (Å²) in [6.45, 7) is 1.58. The molecule has 0 aliphatic carbocycles. The molecule has 0 saturated heterocycles. The van der Waals surface area contributed by atoms with Gasteiger partial charge in [0.1, 0.15) is 16.0 Å². The number of methoxy groups -OCH3 is 2. The molecule has 3 rings (SSSR count). The van der Waals surface area contributed by atoms with Gasteiger partial charge in [-0.3, -0.25) is 4.98 Å². The molecule has 12 heteroatoms. The Morgan fingerprint density at radius 1 is 1.17 bits per heavy atom. The molecular formula is C24H29N5O5S2. The van der Waals surface area contributed by atoms with Crippen molar-refractivity contribution in [2.45, 2.75) is 29.6 Å². The Morgan fingerprint density at radius 3 is 2.50 bits per heavy atom. The third kappa shape index (κ3) is 6.82. The lowest BCUT2D eigenvalue weighted by Crippen LogP contribution is -2.46. The molecule has 10 nitrogen and oxygen atoms in total. The van der Waals surface area contributed by atoms with Crippen LogP contribution < -0.4 is 21.0 Å². The number of hydrogen-bond acceptors (Lipinski definition) is 10. The molecule has 0 aliphatic heterocycles. The van der Waals surface area contributed by atoms with Gasteiger partial charge in [0.15, 0.2) is 0 Å². The van der Waals surface area contributed by atoms with Gasteiger partial charge in [0.05, 0.1) is 30.8 Å². The summed E-state index contributed by atoms with van der Waals surface area (Å²) in [4.78, 5) is 17.4. The molecule has 0 amide bonds. The van der Waals surface area contributed by atoms with Crippen molar-refractivity contribution in [3.05, 3.63) is 78.3 Å². The number of hydrogen-bond donors (Lipinski definition) is 3. The van der Waals surface area contributed by atoms with Crippen molar-refractivity contribution < 1.29 is 22.7 Å². The van der Waals surface area contributed by atoms with Crippen LogP contribution in [0.5, 0.6) is 5.75 Å². The minimum atomic E-state index is -3.87. The number of hydrazine groups is 1. The zero-order valence-corrected chi connectivity index (χ0v) is 21.8. The van der Waals surface area contributed by atoms with E-state index in [1.54, 1.807) is 50.6 Å². The van der Waals surface area contributed by atoms with E-state index in [1.807, 2.05) is 18.2 Å². The summed E-state index contributed by atoms with van der Waals surface area (Å²) in [6, 6.07) is 14.1. The fourth-order valence-corrected chi connectivity index (χ4v) is 5.81. The number of thiophene rings is 1. The van der Waals surface area contributed by atoms with Crippen molar-refractivity contribution >= 4 is 27.3 Å². The molecule has 2 atom stereocenters. The number of nitrogens with two attached hydrogens (primary N) is 2. The molecule has 0 spiro atoms. The number of pyridine rings is 1. The third-order valence-corrected chi connectivity index (χ3v) is 8.46. The number of benzene rings is 1. The molecule has 2 aromatic heterocycles. The Morgan fingerprint density at radius 2 is 1.89 bits per heavy atom. The molecule has 0 fully saturated rings. The van der Waals surface area contributed by atoms with Gasteiger partial charge in [-0.15, -0.1) is 11.3 Å². The maximum Gasteiger partial charge on any atom is 0.330 e. The maximum atomic E-state index is 12.9. The highest BCUT2D eigenvalue weighted by molar-refractivity contribution is 7.91. The number of aromatic nitrogens is 1. The van der Waals surface area contributed by atoms with Gasteiger partial charge < -0.3 is 20.2 Å². The number of ether oxygens (including phenoxy) is 2. The predicted molar refractivity (Wildman–Crippen MR) is 138 cm³/mol. The molecule has 192 valence electrons. The highest BCUT2D eigenvalue weighted by Gasteiger charge is 2.26. The van der Waals surface area contributed by atoms with Crippen molar-refractivity contribution in [2.75, 3.05) is 14.2 Å². The van der Waals surface area contributed by atoms with Gasteiger partial charge in [0.25, 0.3) is 10.0 Å². The SMILES string of the molecule is COC(=O)[C@H](Cc1ccc(OC)cc1)N(N)/C=C(\N)[C@H](C)NS(=O)(=O)c1ccc(-c2ccccn2)s1. The van der Waals surface area contributed by atoms with Gasteiger partial charge >= 0.3 is 5.97 Å². The van der Waals surface area contributed by atoms with E-state index in [9.17, 15) is 13.2 Å². The van der Waals surface area contributed by atoms with E-state index in [4.69, 9.17) is 21.1 Å². The van der Waals surface area contributed by atoms with Crippen molar-refractivity contribution in [3.8, 4) is 16.3 Å². The average molecular weight is 532 g/mol. The Labute approximate surface area is 214 Å². The van der Waals surface area contributed by atoms with Crippen LogP contribution in [0.25, 0.3) is 10.6 Å². The molecule has 0 radical (unpaired) electrons. The summed E-state index contributed by atoms with van der Waals surface area (Å²) < 4.78 is 38.6. The van der Waals surface area contributed by atoms with Crippen LogP contribution in [-0.2, 0) is 26.0 Å². The van der Waals surface area contributed by atoms with Gasteiger partial charge in [-0.1, -0.05) is 18.2 Å². The zero-order chi connectivity index (χ0) is 26.3. The second-order valence-electron chi connectivity index (χ2n) is 7.84. The highest BCUT2D eigenvalue weighted by atomic mass is 32.2. The minimum absolute atomic E-state index is 0.117. The first-order chi connectivity index (χ1) is 17.1. The van der Waals surface area contributed by atoms with E-state index < -0.39 is 28.1 Å². The molecule has 0 unspecified atom stereocenters. The molecule has 0 aliphatic rings. The monoisotopic (exact) mass is 531 g/mol. The summed E-state index contributed by atoms with van der Waals surface area (Å²) >= 11 is 1.10. The molecule has 0 saturated carbocycles. The van der Waals surface area contributed by atoms with Crippen LogP contribution >= 0.6 is 11.3 Å². The number of carbonyl (C=O) groups is 1. The van der Waals surface area contributed by atoms with E-state index in [0.717, 1.165) is 26.8 Å². The quantitative estimate of drug-likeness (QED) is 0.192. The number of rotatable bonds is 11. The number of sulfonamides is 1. The lowest BCUT2D eigenvalue weighted by atomic mass is 10.1.